The predicted molar refractivity (Wildman–Crippen MR) is 140 cm³/mol. The average Bonchev–Trinajstić information content (AvgIpc) is 3.49. The molecule has 1 aromatic carbocycles. The van der Waals surface area contributed by atoms with Gasteiger partial charge in [-0.15, -0.1) is 0 Å². The number of piperidine rings is 1. The van der Waals surface area contributed by atoms with Gasteiger partial charge in [-0.25, -0.2) is 19.7 Å². The number of nitriles is 1. The number of carbonyl (C=O) groups is 1. The lowest BCUT2D eigenvalue weighted by atomic mass is 10.1. The van der Waals surface area contributed by atoms with Crippen molar-refractivity contribution in [1.82, 2.24) is 24.6 Å². The number of rotatable bonds is 4. The van der Waals surface area contributed by atoms with E-state index >= 15 is 0 Å². The topological polar surface area (TPSA) is 158 Å². The number of halogens is 5. The zero-order chi connectivity index (χ0) is 28.3. The number of hydrogen-bond donors (Lipinski definition) is 3. The predicted octanol–water partition coefficient (Wildman–Crippen LogP) is 4.72. The van der Waals surface area contributed by atoms with Crippen LogP contribution in [0.1, 0.15) is 17.7 Å². The molecule has 0 amide bonds. The summed E-state index contributed by atoms with van der Waals surface area (Å²) in [6.45, 7) is 1.50. The average molecular weight is 600 g/mol. The van der Waals surface area contributed by atoms with Crippen molar-refractivity contribution in [3.63, 3.8) is 0 Å². The summed E-state index contributed by atoms with van der Waals surface area (Å²) < 4.78 is 33.5. The third kappa shape index (κ3) is 6.59. The zero-order valence-electron chi connectivity index (χ0n) is 19.7. The molecule has 0 saturated carbocycles. The molecule has 39 heavy (non-hydrogen) atoms. The number of nitrogens with one attached hydrogen (secondary N) is 1. The summed E-state index contributed by atoms with van der Waals surface area (Å²) in [7, 11) is 0. The van der Waals surface area contributed by atoms with Crippen molar-refractivity contribution in [3.8, 4) is 17.3 Å². The Bertz CT molecular complexity index is 1550. The smallest absolute Gasteiger partial charge is 0.475 e. The summed E-state index contributed by atoms with van der Waals surface area (Å²) in [6, 6.07) is 9.37. The van der Waals surface area contributed by atoms with Gasteiger partial charge in [0, 0.05) is 35.8 Å². The minimum atomic E-state index is -5.08. The summed E-state index contributed by atoms with van der Waals surface area (Å²) in [5.41, 5.74) is 7.95. The van der Waals surface area contributed by atoms with Gasteiger partial charge in [0.1, 0.15) is 17.3 Å². The van der Waals surface area contributed by atoms with E-state index in [4.69, 9.17) is 49.1 Å². The Morgan fingerprint density at radius 3 is 2.67 bits per heavy atom. The molecule has 1 fully saturated rings. The van der Waals surface area contributed by atoms with E-state index in [9.17, 15) is 13.2 Å². The summed E-state index contributed by atoms with van der Waals surface area (Å²) in [5, 5.41) is 25.8. The maximum absolute atomic E-state index is 10.6. The number of anilines is 3. The van der Waals surface area contributed by atoms with Gasteiger partial charge in [-0.1, -0.05) is 34.5 Å². The van der Waals surface area contributed by atoms with E-state index in [1.54, 1.807) is 16.6 Å². The highest BCUT2D eigenvalue weighted by Gasteiger charge is 2.38. The first kappa shape index (κ1) is 28.1. The van der Waals surface area contributed by atoms with Gasteiger partial charge in [0.15, 0.2) is 16.6 Å². The Labute approximate surface area is 232 Å². The van der Waals surface area contributed by atoms with Gasteiger partial charge in [0.05, 0.1) is 10.7 Å². The molecule has 17 heteroatoms. The molecule has 1 aliphatic rings. The van der Waals surface area contributed by atoms with Crippen LogP contribution in [0.25, 0.3) is 16.9 Å². The number of carboxylic acids is 1. The number of aromatic nitrogens is 5. The normalized spacial score (nSPS) is 15.4. The molecule has 4 N–H and O–H groups in total. The van der Waals surface area contributed by atoms with E-state index < -0.39 is 12.1 Å². The second-order valence-electron chi connectivity index (χ2n) is 8.17. The highest BCUT2D eigenvalue weighted by atomic mass is 35.5. The molecule has 11 nitrogen and oxygen atoms in total. The van der Waals surface area contributed by atoms with Crippen molar-refractivity contribution < 1.29 is 23.1 Å². The first-order chi connectivity index (χ1) is 18.5. The van der Waals surface area contributed by atoms with Gasteiger partial charge in [-0.05, 0) is 31.0 Å². The van der Waals surface area contributed by atoms with Crippen LogP contribution in [-0.4, -0.2) is 60.9 Å². The number of aliphatic carboxylic acids is 1. The molecule has 4 heterocycles. The minimum Gasteiger partial charge on any atom is -0.475 e. The molecule has 1 saturated heterocycles. The Morgan fingerprint density at radius 1 is 1.28 bits per heavy atom. The van der Waals surface area contributed by atoms with Crippen molar-refractivity contribution in [2.75, 3.05) is 29.0 Å². The van der Waals surface area contributed by atoms with E-state index in [0.29, 0.717) is 43.9 Å². The van der Waals surface area contributed by atoms with Crippen LogP contribution < -0.4 is 16.0 Å². The fourth-order valence-electron chi connectivity index (χ4n) is 3.78. The fraction of sp³-hybridized carbons (Fsp3) is 0.273. The zero-order valence-corrected chi connectivity index (χ0v) is 22.0. The first-order valence-corrected chi connectivity index (χ1v) is 12.7. The van der Waals surface area contributed by atoms with Gasteiger partial charge < -0.3 is 21.1 Å². The van der Waals surface area contributed by atoms with Crippen LogP contribution in [0.2, 0.25) is 10.0 Å². The molecule has 4 aromatic rings. The summed E-state index contributed by atoms with van der Waals surface area (Å²) in [5.74, 6) is -1.82. The number of hydrogen-bond acceptors (Lipinski definition) is 10. The first-order valence-electron chi connectivity index (χ1n) is 11.1. The number of nitrogen functional groups attached to an aromatic ring is 1. The second-order valence-corrected chi connectivity index (χ2v) is 10.0. The maximum Gasteiger partial charge on any atom is 0.490 e. The van der Waals surface area contributed by atoms with Gasteiger partial charge in [-0.2, -0.15) is 28.0 Å². The lowest BCUT2D eigenvalue weighted by Crippen LogP contribution is -2.43. The summed E-state index contributed by atoms with van der Waals surface area (Å²) in [4.78, 5) is 25.0. The second kappa shape index (κ2) is 11.5. The molecule has 0 aliphatic carbocycles. The van der Waals surface area contributed by atoms with E-state index in [2.05, 4.69) is 31.4 Å². The van der Waals surface area contributed by atoms with Crippen LogP contribution in [0.4, 0.5) is 30.1 Å². The molecular formula is C22H18Cl2F3N9O2S. The molecule has 3 aromatic heterocycles. The molecule has 1 unspecified atom stereocenters. The lowest BCUT2D eigenvalue weighted by Gasteiger charge is -2.33. The Kier molecular flexibility index (Phi) is 8.28. The van der Waals surface area contributed by atoms with E-state index in [-0.39, 0.29) is 11.9 Å². The minimum absolute atomic E-state index is 0.115. The van der Waals surface area contributed by atoms with Gasteiger partial charge in [0.2, 0.25) is 5.95 Å². The van der Waals surface area contributed by atoms with Crippen molar-refractivity contribution in [2.24, 2.45) is 0 Å². The van der Waals surface area contributed by atoms with Crippen LogP contribution in [0.5, 0.6) is 0 Å². The Morgan fingerprint density at radius 2 is 2.03 bits per heavy atom. The molecular weight excluding hydrogens is 582 g/mol. The van der Waals surface area contributed by atoms with Crippen molar-refractivity contribution >= 4 is 63.1 Å². The van der Waals surface area contributed by atoms with Crippen molar-refractivity contribution in [1.29, 1.82) is 5.26 Å². The third-order valence-corrected chi connectivity index (χ3v) is 6.94. The Balaban J connectivity index is 0.000000448. The fourth-order valence-corrected chi connectivity index (χ4v) is 5.04. The van der Waals surface area contributed by atoms with Gasteiger partial charge >= 0.3 is 12.1 Å². The van der Waals surface area contributed by atoms with Crippen LogP contribution in [0.15, 0.2) is 30.6 Å². The number of nitrogens with two attached hydrogens (primary N) is 1. The number of nitrogens with zero attached hydrogens (tertiary/aromatic N) is 7. The standard InChI is InChI=1S/C20H17Cl2N9S.C2HF3O2/c21-11-3-4-13(14(22)6-11)15-7-17-25-10-26-31(17)20(28-15)30-5-1-2-12(9-30)27-19-29-18(24)16(8-23)32-19;3-2(4,5)1(6)7/h3-4,6-7,10,12H,1-2,5,9,24H2,(H,27,29);(H,6,7). The van der Waals surface area contributed by atoms with Crippen molar-refractivity contribution in [3.05, 3.63) is 45.5 Å². The molecule has 1 atom stereocenters. The Hall–Kier alpha value is -3.87. The number of carboxylic acid groups (broad SMARTS) is 1. The molecule has 0 spiro atoms. The molecule has 0 bridgehead atoms. The highest BCUT2D eigenvalue weighted by Crippen LogP contribution is 2.32. The molecule has 0 radical (unpaired) electrons. The van der Waals surface area contributed by atoms with Crippen LogP contribution in [-0.2, 0) is 4.79 Å². The SMILES string of the molecule is N#Cc1sc(NC2CCCN(c3nc(-c4ccc(Cl)cc4Cl)cc4ncnn34)C2)nc1N.O=C(O)C(F)(F)F. The molecule has 204 valence electrons. The van der Waals surface area contributed by atoms with E-state index in [1.807, 2.05) is 12.1 Å². The monoisotopic (exact) mass is 599 g/mol. The van der Waals surface area contributed by atoms with E-state index in [0.717, 1.165) is 24.9 Å². The van der Waals surface area contributed by atoms with Crippen LogP contribution >= 0.6 is 34.5 Å². The number of fused-ring (bicyclic) bond motifs is 1. The quantitative estimate of drug-likeness (QED) is 0.299. The van der Waals surface area contributed by atoms with E-state index in [1.165, 1.54) is 17.7 Å². The lowest BCUT2D eigenvalue weighted by molar-refractivity contribution is -0.192. The van der Waals surface area contributed by atoms with Crippen molar-refractivity contribution in [2.45, 2.75) is 25.1 Å². The van der Waals surface area contributed by atoms with Crippen LogP contribution in [0.3, 0.4) is 0 Å². The summed E-state index contributed by atoms with van der Waals surface area (Å²) >= 11 is 13.8. The maximum atomic E-state index is 10.6. The van der Waals surface area contributed by atoms with Gasteiger partial charge in [0.25, 0.3) is 0 Å². The summed E-state index contributed by atoms with van der Waals surface area (Å²) in [6.07, 6.45) is -1.66. The largest absolute Gasteiger partial charge is 0.490 e. The number of alkyl halides is 3. The molecule has 1 aliphatic heterocycles. The van der Waals surface area contributed by atoms with Crippen LogP contribution in [0, 0.1) is 11.3 Å². The van der Waals surface area contributed by atoms with Gasteiger partial charge in [-0.3, -0.25) is 0 Å². The third-order valence-electron chi connectivity index (χ3n) is 5.49. The number of benzene rings is 1. The molecule has 5 rings (SSSR count). The highest BCUT2D eigenvalue weighted by molar-refractivity contribution is 7.16. The number of thiazole rings is 1.